The lowest BCUT2D eigenvalue weighted by molar-refractivity contribution is -0.140. The number of aromatic hydroxyl groups is 1. The number of ether oxygens (including phenoxy) is 2. The molecule has 3 rings (SSSR count). The third kappa shape index (κ3) is 5.95. The van der Waals surface area contributed by atoms with E-state index in [1.165, 1.54) is 11.0 Å². The van der Waals surface area contributed by atoms with Crippen molar-refractivity contribution in [1.29, 1.82) is 0 Å². The molecule has 1 saturated heterocycles. The summed E-state index contributed by atoms with van der Waals surface area (Å²) in [5, 5.41) is 21.4. The standard InChI is InChI=1S/C27H34N2O6/c1-6-34-22-15-19(9-12-21(22)30)24-23(26(32)27(33)29(24)14-13-28(4)5)25(31)18-7-10-20(11-8-18)35-16-17(2)3/h7-12,15,17,24,30-31H,6,13-14,16H2,1-5H3/t24-/m0/s1. The predicted octanol–water partition coefficient (Wildman–Crippen LogP) is 3.81. The SMILES string of the molecule is CCOc1cc([C@H]2C(=C(O)c3ccc(OCC(C)C)cc3)C(=O)C(=O)N2CCN(C)C)ccc1O. The van der Waals surface area contributed by atoms with Gasteiger partial charge in [-0.15, -0.1) is 0 Å². The summed E-state index contributed by atoms with van der Waals surface area (Å²) >= 11 is 0. The Bertz CT molecular complexity index is 1090. The maximum atomic E-state index is 13.2. The van der Waals surface area contributed by atoms with Crippen molar-refractivity contribution in [3.05, 3.63) is 59.2 Å². The van der Waals surface area contributed by atoms with Crippen LogP contribution in [0.15, 0.2) is 48.0 Å². The second-order valence-corrected chi connectivity index (χ2v) is 9.19. The number of hydrogen-bond donors (Lipinski definition) is 2. The van der Waals surface area contributed by atoms with Gasteiger partial charge < -0.3 is 29.5 Å². The van der Waals surface area contributed by atoms with Gasteiger partial charge in [0.25, 0.3) is 11.7 Å². The van der Waals surface area contributed by atoms with Crippen molar-refractivity contribution in [2.75, 3.05) is 40.4 Å². The molecule has 1 aliphatic heterocycles. The van der Waals surface area contributed by atoms with Crippen molar-refractivity contribution in [3.63, 3.8) is 0 Å². The summed E-state index contributed by atoms with van der Waals surface area (Å²) in [5.74, 6) is -0.472. The van der Waals surface area contributed by atoms with E-state index in [1.54, 1.807) is 43.3 Å². The molecule has 0 spiro atoms. The maximum Gasteiger partial charge on any atom is 0.295 e. The van der Waals surface area contributed by atoms with Gasteiger partial charge in [0.1, 0.15) is 11.5 Å². The van der Waals surface area contributed by atoms with Gasteiger partial charge >= 0.3 is 0 Å². The number of hydrogen-bond acceptors (Lipinski definition) is 7. The van der Waals surface area contributed by atoms with Crippen molar-refractivity contribution in [2.45, 2.75) is 26.8 Å². The van der Waals surface area contributed by atoms with Crippen LogP contribution in [0.1, 0.15) is 37.9 Å². The molecule has 2 N–H and O–H groups in total. The molecule has 2 aromatic rings. The highest BCUT2D eigenvalue weighted by molar-refractivity contribution is 6.46. The number of carbonyl (C=O) groups is 2. The zero-order valence-corrected chi connectivity index (χ0v) is 20.9. The van der Waals surface area contributed by atoms with Gasteiger partial charge in [-0.2, -0.15) is 0 Å². The number of likely N-dealkylation sites (N-methyl/N-ethyl adjacent to an activating group) is 1. The first-order valence-electron chi connectivity index (χ1n) is 11.8. The van der Waals surface area contributed by atoms with Gasteiger partial charge in [0, 0.05) is 18.7 Å². The molecule has 0 aliphatic carbocycles. The Balaban J connectivity index is 2.07. The molecule has 0 unspecified atom stereocenters. The Morgan fingerprint density at radius 3 is 2.37 bits per heavy atom. The number of amides is 1. The van der Waals surface area contributed by atoms with Crippen LogP contribution in [0.5, 0.6) is 17.2 Å². The van der Waals surface area contributed by atoms with Gasteiger partial charge in [-0.25, -0.2) is 0 Å². The van der Waals surface area contributed by atoms with Crippen LogP contribution in [0.2, 0.25) is 0 Å². The van der Waals surface area contributed by atoms with Crippen LogP contribution in [0.3, 0.4) is 0 Å². The molecule has 0 aromatic heterocycles. The molecule has 1 atom stereocenters. The zero-order valence-electron chi connectivity index (χ0n) is 20.9. The highest BCUT2D eigenvalue weighted by Gasteiger charge is 2.46. The third-order valence-electron chi connectivity index (χ3n) is 5.64. The van der Waals surface area contributed by atoms with Crippen molar-refractivity contribution in [1.82, 2.24) is 9.80 Å². The fourth-order valence-corrected chi connectivity index (χ4v) is 3.86. The first-order valence-corrected chi connectivity index (χ1v) is 11.8. The summed E-state index contributed by atoms with van der Waals surface area (Å²) in [6, 6.07) is 10.7. The molecule has 1 heterocycles. The van der Waals surface area contributed by atoms with Crippen LogP contribution in [-0.4, -0.2) is 72.1 Å². The zero-order chi connectivity index (χ0) is 25.7. The van der Waals surface area contributed by atoms with Crippen molar-refractivity contribution in [2.24, 2.45) is 5.92 Å². The van der Waals surface area contributed by atoms with E-state index in [0.29, 0.717) is 42.6 Å². The van der Waals surface area contributed by atoms with Crippen LogP contribution in [-0.2, 0) is 9.59 Å². The van der Waals surface area contributed by atoms with Gasteiger partial charge in [0.15, 0.2) is 11.5 Å². The number of aliphatic hydroxyl groups excluding tert-OH is 1. The number of phenols is 1. The third-order valence-corrected chi connectivity index (χ3v) is 5.64. The Labute approximate surface area is 206 Å². The quantitative estimate of drug-likeness (QED) is 0.302. The smallest absolute Gasteiger partial charge is 0.295 e. The van der Waals surface area contributed by atoms with Crippen LogP contribution in [0.4, 0.5) is 0 Å². The van der Waals surface area contributed by atoms with Crippen LogP contribution in [0.25, 0.3) is 5.76 Å². The summed E-state index contributed by atoms with van der Waals surface area (Å²) in [6.45, 7) is 7.61. The largest absolute Gasteiger partial charge is 0.507 e. The summed E-state index contributed by atoms with van der Waals surface area (Å²) in [4.78, 5) is 29.6. The first kappa shape index (κ1) is 26.1. The Hall–Kier alpha value is -3.52. The molecule has 0 bridgehead atoms. The average molecular weight is 483 g/mol. The number of Topliss-reactive ketones (excluding diaryl/α,β-unsaturated/α-hetero) is 1. The molecular weight excluding hydrogens is 448 g/mol. The van der Waals surface area contributed by atoms with E-state index >= 15 is 0 Å². The Morgan fingerprint density at radius 1 is 1.09 bits per heavy atom. The molecule has 35 heavy (non-hydrogen) atoms. The molecule has 8 heteroatoms. The van der Waals surface area contributed by atoms with E-state index in [0.717, 1.165) is 0 Å². The molecule has 2 aromatic carbocycles. The van der Waals surface area contributed by atoms with Gasteiger partial charge in [-0.1, -0.05) is 19.9 Å². The molecule has 1 amide bonds. The number of carbonyl (C=O) groups excluding carboxylic acids is 2. The van der Waals surface area contributed by atoms with Gasteiger partial charge in [-0.05, 0) is 68.9 Å². The fourth-order valence-electron chi connectivity index (χ4n) is 3.86. The number of phenolic OH excluding ortho intramolecular Hbond substituents is 1. The monoisotopic (exact) mass is 482 g/mol. The van der Waals surface area contributed by atoms with E-state index in [4.69, 9.17) is 9.47 Å². The normalized spacial score (nSPS) is 17.5. The average Bonchev–Trinajstić information content (AvgIpc) is 3.07. The lowest BCUT2D eigenvalue weighted by Crippen LogP contribution is -2.35. The van der Waals surface area contributed by atoms with E-state index in [1.807, 2.05) is 19.0 Å². The maximum absolute atomic E-state index is 13.2. The van der Waals surface area contributed by atoms with E-state index in [9.17, 15) is 19.8 Å². The van der Waals surface area contributed by atoms with Crippen LogP contribution < -0.4 is 9.47 Å². The predicted molar refractivity (Wildman–Crippen MR) is 134 cm³/mol. The molecule has 8 nitrogen and oxygen atoms in total. The molecule has 1 fully saturated rings. The molecule has 0 saturated carbocycles. The second-order valence-electron chi connectivity index (χ2n) is 9.19. The second kappa shape index (κ2) is 11.3. The molecule has 1 aliphatic rings. The highest BCUT2D eigenvalue weighted by Crippen LogP contribution is 2.41. The number of rotatable bonds is 10. The minimum absolute atomic E-state index is 0.00209. The van der Waals surface area contributed by atoms with Crippen molar-refractivity contribution >= 4 is 17.4 Å². The highest BCUT2D eigenvalue weighted by atomic mass is 16.5. The lowest BCUT2D eigenvalue weighted by Gasteiger charge is -2.27. The van der Waals surface area contributed by atoms with Gasteiger partial charge in [0.05, 0.1) is 24.8 Å². The van der Waals surface area contributed by atoms with Crippen molar-refractivity contribution < 1.29 is 29.3 Å². The lowest BCUT2D eigenvalue weighted by atomic mass is 9.95. The Kier molecular flexibility index (Phi) is 8.40. The summed E-state index contributed by atoms with van der Waals surface area (Å²) < 4.78 is 11.2. The summed E-state index contributed by atoms with van der Waals surface area (Å²) in [5.41, 5.74) is 0.960. The summed E-state index contributed by atoms with van der Waals surface area (Å²) in [6.07, 6.45) is 0. The van der Waals surface area contributed by atoms with E-state index in [-0.39, 0.29) is 29.4 Å². The van der Waals surface area contributed by atoms with Gasteiger partial charge in [0.2, 0.25) is 0 Å². The molecule has 0 radical (unpaired) electrons. The van der Waals surface area contributed by atoms with E-state index in [2.05, 4.69) is 13.8 Å². The topological polar surface area (TPSA) is 99.5 Å². The molecular formula is C27H34N2O6. The Morgan fingerprint density at radius 2 is 1.77 bits per heavy atom. The van der Waals surface area contributed by atoms with Crippen molar-refractivity contribution in [3.8, 4) is 17.2 Å². The molecule has 188 valence electrons. The van der Waals surface area contributed by atoms with Crippen LogP contribution in [0, 0.1) is 5.92 Å². The van der Waals surface area contributed by atoms with Crippen LogP contribution >= 0.6 is 0 Å². The van der Waals surface area contributed by atoms with Gasteiger partial charge in [-0.3, -0.25) is 9.59 Å². The first-order chi connectivity index (χ1) is 16.6. The fraction of sp³-hybridized carbons (Fsp3) is 0.407. The number of likely N-dealkylation sites (tertiary alicyclic amines) is 1. The minimum Gasteiger partial charge on any atom is -0.507 e. The number of ketones is 1. The minimum atomic E-state index is -0.827. The number of aliphatic hydroxyl groups is 1. The number of benzene rings is 2. The summed E-state index contributed by atoms with van der Waals surface area (Å²) in [7, 11) is 3.75. The number of nitrogens with zero attached hydrogens (tertiary/aromatic N) is 2. The van der Waals surface area contributed by atoms with E-state index < -0.39 is 17.7 Å².